The van der Waals surface area contributed by atoms with E-state index < -0.39 is 6.10 Å². The molecule has 2 rings (SSSR count). The van der Waals surface area contributed by atoms with Gasteiger partial charge in [-0.15, -0.1) is 18.0 Å². The van der Waals surface area contributed by atoms with Crippen molar-refractivity contribution in [2.24, 2.45) is 0 Å². The van der Waals surface area contributed by atoms with Gasteiger partial charge in [0.05, 0.1) is 5.88 Å². The third-order valence-corrected chi connectivity index (χ3v) is 4.20. The van der Waals surface area contributed by atoms with Crippen LogP contribution in [0.5, 0.6) is 11.5 Å². The van der Waals surface area contributed by atoms with Crippen LogP contribution in [0.1, 0.15) is 0 Å². The third-order valence-electron chi connectivity index (χ3n) is 2.83. The number of hydrogen-bond acceptors (Lipinski definition) is 4. The monoisotopic (exact) mass is 382 g/mol. The number of terminal acetylenes is 1. The second-order valence-electron chi connectivity index (χ2n) is 4.66. The van der Waals surface area contributed by atoms with Gasteiger partial charge in [0, 0.05) is 9.79 Å². The van der Waals surface area contributed by atoms with Gasteiger partial charge in [0.15, 0.2) is 0 Å². The highest BCUT2D eigenvalue weighted by Crippen LogP contribution is 2.30. The Morgan fingerprint density at radius 1 is 1.00 bits per heavy atom. The molecule has 0 spiro atoms. The standard InChI is InChI=1S/C18H17ClO3S.H2S/c1-2-11-21-15-3-7-17(8-4-15)23-18-9-5-16(6-10-18)22-13-14(20)12-19;/h1,3-10,14,20H,11-13H2;1H2. The van der Waals surface area contributed by atoms with Gasteiger partial charge < -0.3 is 14.6 Å². The Morgan fingerprint density at radius 2 is 1.50 bits per heavy atom. The first kappa shape index (κ1) is 20.6. The molecule has 0 bridgehead atoms. The number of rotatable bonds is 8. The molecular weight excluding hydrogens is 364 g/mol. The van der Waals surface area contributed by atoms with Gasteiger partial charge in [0.2, 0.25) is 0 Å². The summed E-state index contributed by atoms with van der Waals surface area (Å²) in [7, 11) is 0. The van der Waals surface area contributed by atoms with Crippen LogP contribution in [0.2, 0.25) is 0 Å². The predicted octanol–water partition coefficient (Wildman–Crippen LogP) is 3.94. The Morgan fingerprint density at radius 3 is 1.96 bits per heavy atom. The zero-order valence-electron chi connectivity index (χ0n) is 12.9. The van der Waals surface area contributed by atoms with Crippen molar-refractivity contribution in [2.75, 3.05) is 19.1 Å². The van der Waals surface area contributed by atoms with Crippen molar-refractivity contribution in [3.63, 3.8) is 0 Å². The lowest BCUT2D eigenvalue weighted by atomic mass is 10.3. The average Bonchev–Trinajstić information content (AvgIpc) is 2.60. The van der Waals surface area contributed by atoms with Crippen LogP contribution in [0.4, 0.5) is 0 Å². The SMILES string of the molecule is C#CCOc1ccc(Sc2ccc(OCC(O)CCl)cc2)cc1.S. The van der Waals surface area contributed by atoms with Crippen molar-refractivity contribution in [2.45, 2.75) is 15.9 Å². The van der Waals surface area contributed by atoms with Crippen LogP contribution >= 0.6 is 36.9 Å². The van der Waals surface area contributed by atoms with Crippen molar-refractivity contribution in [3.8, 4) is 23.8 Å². The minimum Gasteiger partial charge on any atom is -0.491 e. The molecule has 0 saturated carbocycles. The molecule has 0 radical (unpaired) electrons. The Labute approximate surface area is 158 Å². The van der Waals surface area contributed by atoms with Crippen LogP contribution < -0.4 is 9.47 Å². The molecule has 6 heteroatoms. The first-order chi connectivity index (χ1) is 11.2. The molecule has 0 heterocycles. The average molecular weight is 383 g/mol. The summed E-state index contributed by atoms with van der Waals surface area (Å²) in [6, 6.07) is 15.4. The highest BCUT2D eigenvalue weighted by molar-refractivity contribution is 7.99. The van der Waals surface area contributed by atoms with Crippen LogP contribution in [0.15, 0.2) is 58.3 Å². The lowest BCUT2D eigenvalue weighted by molar-refractivity contribution is 0.125. The van der Waals surface area contributed by atoms with E-state index in [4.69, 9.17) is 27.5 Å². The molecule has 0 fully saturated rings. The lowest BCUT2D eigenvalue weighted by Crippen LogP contribution is -2.18. The molecule has 0 aliphatic heterocycles. The van der Waals surface area contributed by atoms with Crippen molar-refractivity contribution < 1.29 is 14.6 Å². The highest BCUT2D eigenvalue weighted by Gasteiger charge is 2.04. The van der Waals surface area contributed by atoms with Gasteiger partial charge in [-0.2, -0.15) is 13.5 Å². The molecule has 1 N–H and O–H groups in total. The Kier molecular flexibility index (Phi) is 9.58. The van der Waals surface area contributed by atoms with Crippen LogP contribution in [0, 0.1) is 12.3 Å². The second-order valence-corrected chi connectivity index (χ2v) is 6.11. The summed E-state index contributed by atoms with van der Waals surface area (Å²) < 4.78 is 10.8. The Balaban J connectivity index is 0.00000288. The topological polar surface area (TPSA) is 38.7 Å². The van der Waals surface area contributed by atoms with Gasteiger partial charge in [-0.3, -0.25) is 0 Å². The molecule has 0 amide bonds. The van der Waals surface area contributed by atoms with Gasteiger partial charge in [-0.05, 0) is 48.5 Å². The molecule has 1 unspecified atom stereocenters. The summed E-state index contributed by atoms with van der Waals surface area (Å²) in [4.78, 5) is 2.19. The summed E-state index contributed by atoms with van der Waals surface area (Å²) >= 11 is 7.16. The van der Waals surface area contributed by atoms with Crippen LogP contribution in [-0.4, -0.2) is 30.3 Å². The van der Waals surface area contributed by atoms with Crippen LogP contribution in [-0.2, 0) is 0 Å². The Hall–Kier alpha value is -1.45. The van der Waals surface area contributed by atoms with Crippen molar-refractivity contribution in [1.82, 2.24) is 0 Å². The van der Waals surface area contributed by atoms with E-state index in [9.17, 15) is 5.11 Å². The minimum absolute atomic E-state index is 0. The molecule has 2 aromatic rings. The molecule has 0 saturated heterocycles. The smallest absolute Gasteiger partial charge is 0.148 e. The normalized spacial score (nSPS) is 11.0. The van der Waals surface area contributed by atoms with E-state index in [-0.39, 0.29) is 32.6 Å². The van der Waals surface area contributed by atoms with Crippen molar-refractivity contribution in [1.29, 1.82) is 0 Å². The number of alkyl halides is 1. The summed E-state index contributed by atoms with van der Waals surface area (Å²) in [6.07, 6.45) is 4.50. The van der Waals surface area contributed by atoms with Crippen molar-refractivity contribution in [3.05, 3.63) is 48.5 Å². The molecule has 128 valence electrons. The van der Waals surface area contributed by atoms with E-state index in [0.717, 1.165) is 15.5 Å². The molecule has 3 nitrogen and oxygen atoms in total. The number of benzene rings is 2. The molecule has 2 aromatic carbocycles. The fourth-order valence-electron chi connectivity index (χ4n) is 1.71. The van der Waals surface area contributed by atoms with E-state index in [0.29, 0.717) is 5.75 Å². The van der Waals surface area contributed by atoms with Gasteiger partial charge in [-0.25, -0.2) is 0 Å². The van der Waals surface area contributed by atoms with E-state index >= 15 is 0 Å². The molecular formula is C18H19ClO3S2. The van der Waals surface area contributed by atoms with Gasteiger partial charge in [0.25, 0.3) is 0 Å². The zero-order valence-corrected chi connectivity index (χ0v) is 15.5. The van der Waals surface area contributed by atoms with Gasteiger partial charge >= 0.3 is 0 Å². The van der Waals surface area contributed by atoms with E-state index in [1.807, 2.05) is 48.5 Å². The molecule has 0 aliphatic rings. The second kappa shape index (κ2) is 11.2. The number of hydrogen-bond donors (Lipinski definition) is 1. The first-order valence-electron chi connectivity index (χ1n) is 7.02. The summed E-state index contributed by atoms with van der Waals surface area (Å²) in [5, 5.41) is 9.36. The van der Waals surface area contributed by atoms with E-state index in [1.54, 1.807) is 11.8 Å². The number of aliphatic hydroxyl groups excluding tert-OH is 1. The van der Waals surface area contributed by atoms with E-state index in [1.165, 1.54) is 0 Å². The first-order valence-corrected chi connectivity index (χ1v) is 8.37. The van der Waals surface area contributed by atoms with E-state index in [2.05, 4.69) is 5.92 Å². The molecule has 24 heavy (non-hydrogen) atoms. The number of aliphatic hydroxyl groups is 1. The van der Waals surface area contributed by atoms with Gasteiger partial charge in [-0.1, -0.05) is 17.7 Å². The number of halogens is 1. The maximum atomic E-state index is 9.36. The summed E-state index contributed by atoms with van der Waals surface area (Å²) in [6.45, 7) is 0.460. The van der Waals surface area contributed by atoms with Gasteiger partial charge in [0.1, 0.15) is 30.8 Å². The highest BCUT2D eigenvalue weighted by atomic mass is 35.5. The van der Waals surface area contributed by atoms with Crippen LogP contribution in [0.3, 0.4) is 0 Å². The van der Waals surface area contributed by atoms with Crippen molar-refractivity contribution >= 4 is 36.9 Å². The Bertz CT molecular complexity index is 639. The summed E-state index contributed by atoms with van der Waals surface area (Å²) in [5.41, 5.74) is 0. The predicted molar refractivity (Wildman–Crippen MR) is 104 cm³/mol. The minimum atomic E-state index is -0.652. The fourth-order valence-corrected chi connectivity index (χ4v) is 2.61. The maximum Gasteiger partial charge on any atom is 0.148 e. The third kappa shape index (κ3) is 6.98. The van der Waals surface area contributed by atoms with Crippen LogP contribution in [0.25, 0.3) is 0 Å². The lowest BCUT2D eigenvalue weighted by Gasteiger charge is -2.10. The quantitative estimate of drug-likeness (QED) is 0.554. The molecule has 1 atom stereocenters. The zero-order chi connectivity index (χ0) is 16.5. The molecule has 0 aromatic heterocycles. The largest absolute Gasteiger partial charge is 0.491 e. The molecule has 0 aliphatic carbocycles. The maximum absolute atomic E-state index is 9.36. The summed E-state index contributed by atoms with van der Waals surface area (Å²) in [5.74, 6) is 4.06. The fraction of sp³-hybridized carbons (Fsp3) is 0.222. The number of ether oxygens (including phenoxy) is 2.